The molecule has 0 bridgehead atoms. The number of nitrogens with zero attached hydrogens (tertiary/aromatic N) is 3. The highest BCUT2D eigenvalue weighted by molar-refractivity contribution is 14.1. The van der Waals surface area contributed by atoms with Crippen molar-refractivity contribution in [1.82, 2.24) is 4.98 Å². The number of aromatic nitrogens is 1. The molecule has 1 heterocycles. The zero-order valence-corrected chi connectivity index (χ0v) is 14.5. The molecule has 1 aromatic carbocycles. The van der Waals surface area contributed by atoms with Gasteiger partial charge in [0.1, 0.15) is 12.0 Å². The third kappa shape index (κ3) is 4.28. The minimum absolute atomic E-state index is 0.0750. The second-order valence-corrected chi connectivity index (χ2v) is 5.43. The fourth-order valence-corrected chi connectivity index (χ4v) is 2.59. The van der Waals surface area contributed by atoms with Gasteiger partial charge in [0, 0.05) is 6.07 Å². The maximum Gasteiger partial charge on any atom is 0.287 e. The van der Waals surface area contributed by atoms with E-state index in [1.165, 1.54) is 12.1 Å². The molecule has 0 amide bonds. The highest BCUT2D eigenvalue weighted by Crippen LogP contribution is 2.33. The van der Waals surface area contributed by atoms with Crippen LogP contribution in [0.2, 0.25) is 0 Å². The molecule has 2 rings (SSSR count). The Morgan fingerprint density at radius 1 is 1.35 bits per heavy atom. The first-order valence-corrected chi connectivity index (χ1v) is 7.44. The first-order chi connectivity index (χ1) is 11.0. The molecule has 8 nitrogen and oxygen atoms in total. The van der Waals surface area contributed by atoms with Gasteiger partial charge in [0.2, 0.25) is 0 Å². The van der Waals surface area contributed by atoms with Gasteiger partial charge in [-0.3, -0.25) is 15.5 Å². The number of rotatable bonds is 6. The van der Waals surface area contributed by atoms with E-state index in [0.29, 0.717) is 17.3 Å². The largest absolute Gasteiger partial charge is 0.493 e. The molecule has 1 aromatic heterocycles. The lowest BCUT2D eigenvalue weighted by Crippen LogP contribution is -1.97. The van der Waals surface area contributed by atoms with Crippen LogP contribution in [0.1, 0.15) is 5.56 Å². The van der Waals surface area contributed by atoms with Crippen molar-refractivity contribution >= 4 is 40.3 Å². The summed E-state index contributed by atoms with van der Waals surface area (Å²) < 4.78 is 11.4. The monoisotopic (exact) mass is 428 g/mol. The van der Waals surface area contributed by atoms with Crippen LogP contribution in [0.4, 0.5) is 11.5 Å². The van der Waals surface area contributed by atoms with Crippen LogP contribution >= 0.6 is 22.6 Å². The van der Waals surface area contributed by atoms with Crippen LogP contribution in [-0.4, -0.2) is 30.3 Å². The minimum atomic E-state index is -0.508. The van der Waals surface area contributed by atoms with E-state index in [0.717, 1.165) is 15.3 Å². The van der Waals surface area contributed by atoms with Gasteiger partial charge in [0.25, 0.3) is 5.69 Å². The van der Waals surface area contributed by atoms with E-state index in [4.69, 9.17) is 9.47 Å². The lowest BCUT2D eigenvalue weighted by atomic mass is 10.2. The van der Waals surface area contributed by atoms with Crippen LogP contribution in [0.25, 0.3) is 0 Å². The van der Waals surface area contributed by atoms with E-state index in [1.807, 2.05) is 6.07 Å². The smallest absolute Gasteiger partial charge is 0.287 e. The van der Waals surface area contributed by atoms with Gasteiger partial charge in [-0.15, -0.1) is 0 Å². The van der Waals surface area contributed by atoms with Crippen molar-refractivity contribution in [3.8, 4) is 11.5 Å². The SMILES string of the molecule is COc1cc(C=NNc2ccc([N+](=O)[O-])cn2)cc(I)c1OC. The molecule has 2 aromatic rings. The van der Waals surface area contributed by atoms with Crippen LogP contribution in [0.15, 0.2) is 35.6 Å². The molecule has 0 fully saturated rings. The van der Waals surface area contributed by atoms with Crippen molar-refractivity contribution in [2.75, 3.05) is 19.6 Å². The number of methoxy groups -OCH3 is 2. The molecule has 120 valence electrons. The number of nitrogens with one attached hydrogen (secondary N) is 1. The minimum Gasteiger partial charge on any atom is -0.493 e. The van der Waals surface area contributed by atoms with Gasteiger partial charge < -0.3 is 9.47 Å². The summed E-state index contributed by atoms with van der Waals surface area (Å²) in [5.41, 5.74) is 3.44. The number of hydrogen-bond acceptors (Lipinski definition) is 7. The van der Waals surface area contributed by atoms with Crippen molar-refractivity contribution in [2.24, 2.45) is 5.10 Å². The Bertz CT molecular complexity index is 734. The summed E-state index contributed by atoms with van der Waals surface area (Å²) in [6, 6.07) is 6.50. The Hall–Kier alpha value is -2.43. The fraction of sp³-hybridized carbons (Fsp3) is 0.143. The summed E-state index contributed by atoms with van der Waals surface area (Å²) in [5, 5.41) is 14.6. The number of benzene rings is 1. The van der Waals surface area contributed by atoms with Crippen molar-refractivity contribution in [1.29, 1.82) is 0 Å². The molecule has 9 heteroatoms. The molecule has 0 aliphatic heterocycles. The van der Waals surface area contributed by atoms with Crippen molar-refractivity contribution in [2.45, 2.75) is 0 Å². The van der Waals surface area contributed by atoms with Gasteiger partial charge in [0.05, 0.1) is 28.9 Å². The summed E-state index contributed by atoms with van der Waals surface area (Å²) in [4.78, 5) is 13.9. The number of nitro groups is 1. The van der Waals surface area contributed by atoms with Crippen LogP contribution in [0.5, 0.6) is 11.5 Å². The van der Waals surface area contributed by atoms with Gasteiger partial charge >= 0.3 is 0 Å². The molecule has 0 aliphatic rings. The highest BCUT2D eigenvalue weighted by Gasteiger charge is 2.09. The van der Waals surface area contributed by atoms with Crippen molar-refractivity contribution in [3.05, 3.63) is 49.7 Å². The lowest BCUT2D eigenvalue weighted by molar-refractivity contribution is -0.385. The van der Waals surface area contributed by atoms with Crippen LogP contribution in [0, 0.1) is 13.7 Å². The van der Waals surface area contributed by atoms with Gasteiger partial charge in [-0.1, -0.05) is 0 Å². The molecule has 0 atom stereocenters. The molecule has 0 aliphatic carbocycles. The lowest BCUT2D eigenvalue weighted by Gasteiger charge is -2.10. The van der Waals surface area contributed by atoms with E-state index < -0.39 is 4.92 Å². The van der Waals surface area contributed by atoms with Gasteiger partial charge in [0.15, 0.2) is 11.5 Å². The third-order valence-corrected chi connectivity index (χ3v) is 3.61. The highest BCUT2D eigenvalue weighted by atomic mass is 127. The number of ether oxygens (including phenoxy) is 2. The van der Waals surface area contributed by atoms with Crippen molar-refractivity contribution < 1.29 is 14.4 Å². The molecule has 0 saturated heterocycles. The Kier molecular flexibility index (Phi) is 5.68. The van der Waals surface area contributed by atoms with Crippen LogP contribution in [0.3, 0.4) is 0 Å². The number of hydrazone groups is 1. The Morgan fingerprint density at radius 3 is 2.70 bits per heavy atom. The summed E-state index contributed by atoms with van der Waals surface area (Å²) in [6.45, 7) is 0. The molecule has 0 saturated carbocycles. The van der Waals surface area contributed by atoms with E-state index in [1.54, 1.807) is 26.5 Å². The quantitative estimate of drug-likeness (QED) is 0.329. The molecule has 0 unspecified atom stereocenters. The van der Waals surface area contributed by atoms with Crippen molar-refractivity contribution in [3.63, 3.8) is 0 Å². The van der Waals surface area contributed by atoms with E-state index in [-0.39, 0.29) is 5.69 Å². The second-order valence-electron chi connectivity index (χ2n) is 4.27. The topological polar surface area (TPSA) is 98.9 Å². The Balaban J connectivity index is 2.11. The Morgan fingerprint density at radius 2 is 2.13 bits per heavy atom. The molecule has 23 heavy (non-hydrogen) atoms. The fourth-order valence-electron chi connectivity index (χ4n) is 1.75. The average Bonchev–Trinajstić information content (AvgIpc) is 2.54. The predicted octanol–water partition coefficient (Wildman–Crippen LogP) is 3.06. The maximum absolute atomic E-state index is 10.5. The second kappa shape index (κ2) is 7.72. The predicted molar refractivity (Wildman–Crippen MR) is 94.4 cm³/mol. The van der Waals surface area contributed by atoms with Gasteiger partial charge in [-0.2, -0.15) is 5.10 Å². The van der Waals surface area contributed by atoms with Crippen LogP contribution in [-0.2, 0) is 0 Å². The average molecular weight is 428 g/mol. The summed E-state index contributed by atoms with van der Waals surface area (Å²) in [6.07, 6.45) is 2.75. The zero-order chi connectivity index (χ0) is 16.8. The van der Waals surface area contributed by atoms with E-state index >= 15 is 0 Å². The Labute approximate surface area is 145 Å². The molecule has 0 radical (unpaired) electrons. The molecular formula is C14H13IN4O4. The molecular weight excluding hydrogens is 415 g/mol. The van der Waals surface area contributed by atoms with Gasteiger partial charge in [-0.05, 0) is 46.4 Å². The normalized spacial score (nSPS) is 10.6. The third-order valence-electron chi connectivity index (χ3n) is 2.81. The summed E-state index contributed by atoms with van der Waals surface area (Å²) in [5.74, 6) is 1.67. The van der Waals surface area contributed by atoms with E-state index in [2.05, 4.69) is 38.1 Å². The molecule has 0 spiro atoms. The summed E-state index contributed by atoms with van der Waals surface area (Å²) in [7, 11) is 3.14. The molecule has 1 N–H and O–H groups in total. The zero-order valence-electron chi connectivity index (χ0n) is 12.3. The van der Waals surface area contributed by atoms with E-state index in [9.17, 15) is 10.1 Å². The number of halogens is 1. The first-order valence-electron chi connectivity index (χ1n) is 6.36. The number of anilines is 1. The van der Waals surface area contributed by atoms with Crippen LogP contribution < -0.4 is 14.9 Å². The standard InChI is InChI=1S/C14H13IN4O4/c1-22-12-6-9(5-11(15)14(12)23-2)7-17-18-13-4-3-10(8-16-13)19(20)21/h3-8H,1-2H3,(H,16,18). The van der Waals surface area contributed by atoms with Gasteiger partial charge in [-0.25, -0.2) is 4.98 Å². The first kappa shape index (κ1) is 16.9. The maximum atomic E-state index is 10.5. The number of hydrogen-bond donors (Lipinski definition) is 1. The summed E-state index contributed by atoms with van der Waals surface area (Å²) >= 11 is 2.14. The number of pyridine rings is 1.